The van der Waals surface area contributed by atoms with Crippen molar-refractivity contribution in [2.45, 2.75) is 112 Å². The third-order valence-electron chi connectivity index (χ3n) is 10.1. The van der Waals surface area contributed by atoms with Crippen molar-refractivity contribution in [1.29, 1.82) is 0 Å². The van der Waals surface area contributed by atoms with E-state index in [0.717, 1.165) is 48.3 Å². The van der Waals surface area contributed by atoms with Gasteiger partial charge in [-0.25, -0.2) is 0 Å². The van der Waals surface area contributed by atoms with Crippen LogP contribution in [0, 0.1) is 46.3 Å². The molecule has 0 spiro atoms. The first-order valence-corrected chi connectivity index (χ1v) is 12.4. The second-order valence-corrected chi connectivity index (χ2v) is 11.8. The summed E-state index contributed by atoms with van der Waals surface area (Å²) in [5.74, 6) is 5.54. The van der Waals surface area contributed by atoms with Gasteiger partial charge in [0, 0.05) is 1.37 Å². The van der Waals surface area contributed by atoms with Crippen molar-refractivity contribution in [3.05, 3.63) is 11.6 Å². The van der Waals surface area contributed by atoms with Gasteiger partial charge in [0.05, 0.1) is 0 Å². The number of hydrogen-bond acceptors (Lipinski definition) is 0. The van der Waals surface area contributed by atoms with Gasteiger partial charge < -0.3 is 0 Å². The summed E-state index contributed by atoms with van der Waals surface area (Å²) in [5, 5.41) is 0. The molecule has 3 saturated carbocycles. The van der Waals surface area contributed by atoms with E-state index in [1.165, 1.54) is 57.8 Å². The molecule has 0 aromatic rings. The Morgan fingerprint density at radius 2 is 1.89 bits per heavy atom. The summed E-state index contributed by atoms with van der Waals surface area (Å²) in [6.07, 6.45) is 17.8. The van der Waals surface area contributed by atoms with E-state index < -0.39 is 0 Å². The molecule has 0 nitrogen and oxygen atoms in total. The van der Waals surface area contributed by atoms with E-state index in [4.69, 9.17) is 1.37 Å². The van der Waals surface area contributed by atoms with Gasteiger partial charge in [-0.2, -0.15) is 0 Å². The van der Waals surface area contributed by atoms with Crippen LogP contribution in [0.2, 0.25) is 0 Å². The molecule has 0 unspecified atom stereocenters. The van der Waals surface area contributed by atoms with Crippen LogP contribution in [0.4, 0.5) is 0 Å². The molecule has 0 aromatic carbocycles. The van der Waals surface area contributed by atoms with Crippen LogP contribution < -0.4 is 0 Å². The van der Waals surface area contributed by atoms with E-state index in [1.807, 2.05) is 0 Å². The molecule has 0 N–H and O–H groups in total. The minimum Gasteiger partial charge on any atom is -0.0845 e. The van der Waals surface area contributed by atoms with Gasteiger partial charge in [-0.3, -0.25) is 0 Å². The van der Waals surface area contributed by atoms with Crippen LogP contribution in [-0.4, -0.2) is 0 Å². The second-order valence-electron chi connectivity index (χ2n) is 11.8. The quantitative estimate of drug-likeness (QED) is 0.425. The monoisotopic (exact) mass is 372 g/mol. The molecule has 0 aliphatic heterocycles. The Morgan fingerprint density at radius 3 is 2.67 bits per heavy atom. The highest BCUT2D eigenvalue weighted by molar-refractivity contribution is 5.24. The fourth-order valence-corrected chi connectivity index (χ4v) is 8.50. The van der Waals surface area contributed by atoms with Crippen LogP contribution in [0.15, 0.2) is 11.6 Å². The molecule has 0 radical (unpaired) electrons. The predicted octanol–water partition coefficient (Wildman–Crippen LogP) is 8.42. The molecule has 3 fully saturated rings. The molecule has 27 heavy (non-hydrogen) atoms. The van der Waals surface area contributed by atoms with Gasteiger partial charge in [0.2, 0.25) is 0 Å². The van der Waals surface area contributed by atoms with Crippen molar-refractivity contribution in [2.75, 3.05) is 0 Å². The van der Waals surface area contributed by atoms with E-state index in [2.05, 4.69) is 40.7 Å². The van der Waals surface area contributed by atoms with Crippen LogP contribution in [0.1, 0.15) is 113 Å². The molecule has 0 bridgehead atoms. The molecule has 0 heteroatoms. The molecule has 4 aliphatic carbocycles. The first-order chi connectivity index (χ1) is 13.3. The Bertz CT molecular complexity index is 591. The Balaban J connectivity index is 1.49. The molecule has 0 heterocycles. The number of rotatable bonds is 5. The van der Waals surface area contributed by atoms with Crippen LogP contribution in [0.25, 0.3) is 0 Å². The predicted molar refractivity (Wildman–Crippen MR) is 118 cm³/mol. The highest BCUT2D eigenvalue weighted by Gasteiger charge is 2.58. The summed E-state index contributed by atoms with van der Waals surface area (Å²) in [4.78, 5) is 0. The molecular weight excluding hydrogens is 324 g/mol. The maximum atomic E-state index is 8.28. The Hall–Kier alpha value is -0.260. The Labute approximate surface area is 171 Å². The summed E-state index contributed by atoms with van der Waals surface area (Å²) in [7, 11) is 0. The van der Waals surface area contributed by atoms with E-state index in [-0.39, 0.29) is 6.40 Å². The third-order valence-corrected chi connectivity index (χ3v) is 10.1. The molecular formula is C27H46. The third kappa shape index (κ3) is 3.36. The summed E-state index contributed by atoms with van der Waals surface area (Å²) < 4.78 is 8.28. The second kappa shape index (κ2) is 7.53. The summed E-state index contributed by atoms with van der Waals surface area (Å²) >= 11 is 0. The van der Waals surface area contributed by atoms with Gasteiger partial charge in [-0.1, -0.05) is 72.0 Å². The van der Waals surface area contributed by atoms with Gasteiger partial charge in [0.1, 0.15) is 0 Å². The van der Waals surface area contributed by atoms with Gasteiger partial charge in [-0.05, 0) is 97.7 Å². The molecule has 154 valence electrons. The van der Waals surface area contributed by atoms with Crippen LogP contribution in [0.5, 0.6) is 0 Å². The fourth-order valence-electron chi connectivity index (χ4n) is 8.50. The minimum absolute atomic E-state index is 0.173. The lowest BCUT2D eigenvalue weighted by Gasteiger charge is -2.58. The SMILES string of the molecule is [3H][C@H]1CC[C@@]2(C)C(=CC[C@H]3[C@@H]4CC[C@H]([C@H](C)CCCC(C)C)[C@@]4(C)CC[C@@H]32)C1. The van der Waals surface area contributed by atoms with Crippen LogP contribution in [-0.2, 0) is 0 Å². The normalized spacial score (nSPS) is 48.3. The van der Waals surface area contributed by atoms with Gasteiger partial charge in [-0.15, -0.1) is 0 Å². The summed E-state index contributed by atoms with van der Waals surface area (Å²) in [6, 6.07) is 0. The standard InChI is InChI=1S/C27H46/c1-19(2)9-8-10-20(3)23-14-15-24-22-13-12-21-11-6-7-17-26(21,4)25(22)16-18-27(23,24)5/h12,19-20,22-25H,6-11,13-18H2,1-5H3/t20-,22+,23-,24+,25+,26+,27-/m1/s1/i6T/t6-,20+,22-,23+,24-,25-,26-,27+/m0. The van der Waals surface area contributed by atoms with Gasteiger partial charge in [0.15, 0.2) is 0 Å². The molecule has 0 aromatic heterocycles. The highest BCUT2D eigenvalue weighted by Crippen LogP contribution is 2.67. The Morgan fingerprint density at radius 1 is 1.07 bits per heavy atom. The van der Waals surface area contributed by atoms with Crippen molar-refractivity contribution in [3.63, 3.8) is 0 Å². The lowest BCUT2D eigenvalue weighted by atomic mass is 9.47. The maximum absolute atomic E-state index is 8.28. The van der Waals surface area contributed by atoms with E-state index in [0.29, 0.717) is 10.8 Å². The van der Waals surface area contributed by atoms with E-state index in [1.54, 1.807) is 5.57 Å². The molecule has 0 saturated heterocycles. The zero-order chi connectivity index (χ0) is 20.1. The number of hydrogen-bond donors (Lipinski definition) is 0. The highest BCUT2D eigenvalue weighted by atomic mass is 14.6. The summed E-state index contributed by atoms with van der Waals surface area (Å²) in [6.45, 7) is 12.6. The van der Waals surface area contributed by atoms with Crippen molar-refractivity contribution in [1.82, 2.24) is 0 Å². The average Bonchev–Trinajstić information content (AvgIpc) is 2.99. The maximum Gasteiger partial charge on any atom is 0.0270 e. The van der Waals surface area contributed by atoms with Crippen molar-refractivity contribution < 1.29 is 1.37 Å². The van der Waals surface area contributed by atoms with Crippen molar-refractivity contribution in [2.24, 2.45) is 46.3 Å². The fraction of sp³-hybridized carbons (Fsp3) is 0.926. The first kappa shape index (κ1) is 18.7. The Kier molecular flexibility index (Phi) is 5.23. The molecule has 0 amide bonds. The molecule has 4 rings (SSSR count). The van der Waals surface area contributed by atoms with E-state index >= 15 is 0 Å². The number of fused-ring (bicyclic) bond motifs is 5. The summed E-state index contributed by atoms with van der Waals surface area (Å²) in [5.41, 5.74) is 2.72. The lowest BCUT2D eigenvalue weighted by molar-refractivity contribution is -0.0500. The zero-order valence-corrected chi connectivity index (χ0v) is 18.9. The molecule has 4 aliphatic rings. The molecule has 8 atom stereocenters. The topological polar surface area (TPSA) is 0 Å². The zero-order valence-electron chi connectivity index (χ0n) is 19.9. The van der Waals surface area contributed by atoms with Crippen LogP contribution >= 0.6 is 0 Å². The van der Waals surface area contributed by atoms with Crippen molar-refractivity contribution >= 4 is 0 Å². The van der Waals surface area contributed by atoms with Crippen LogP contribution in [0.3, 0.4) is 0 Å². The number of allylic oxidation sites excluding steroid dienone is 2. The average molecular weight is 373 g/mol. The van der Waals surface area contributed by atoms with Crippen molar-refractivity contribution in [3.8, 4) is 0 Å². The van der Waals surface area contributed by atoms with Gasteiger partial charge >= 0.3 is 0 Å². The largest absolute Gasteiger partial charge is 0.0845 e. The van der Waals surface area contributed by atoms with Gasteiger partial charge in [0.25, 0.3) is 0 Å². The van der Waals surface area contributed by atoms with E-state index in [9.17, 15) is 0 Å². The minimum atomic E-state index is 0.173. The smallest absolute Gasteiger partial charge is 0.0270 e. The first-order valence-electron chi connectivity index (χ1n) is 12.9. The lowest BCUT2D eigenvalue weighted by Crippen LogP contribution is -2.50.